The van der Waals surface area contributed by atoms with Crippen LogP contribution < -0.4 is 11.1 Å². The molecule has 0 bridgehead atoms. The Morgan fingerprint density at radius 1 is 1.30 bits per heavy atom. The van der Waals surface area contributed by atoms with Crippen molar-refractivity contribution >= 4 is 42.1 Å². The molecule has 1 aliphatic carbocycles. The smallest absolute Gasteiger partial charge is 0.263 e. The highest BCUT2D eigenvalue weighted by molar-refractivity contribution is 7.16. The molecule has 0 spiro atoms. The van der Waals surface area contributed by atoms with Crippen LogP contribution in [0, 0.1) is 5.92 Å². The Morgan fingerprint density at radius 2 is 2.13 bits per heavy atom. The Labute approximate surface area is 151 Å². The number of hydrogen-bond acceptors (Lipinski definition) is 5. The minimum absolute atomic E-state index is 0. The molecule has 1 aliphatic rings. The number of thiazole rings is 1. The largest absolute Gasteiger partial charge is 0.348 e. The monoisotopic (exact) mass is 374 g/mol. The predicted octanol–water partition coefficient (Wildman–Crippen LogP) is 2.91. The van der Waals surface area contributed by atoms with Gasteiger partial charge in [0.1, 0.15) is 9.88 Å². The maximum absolute atomic E-state index is 12.3. The first-order chi connectivity index (χ1) is 10.3. The molecule has 23 heavy (non-hydrogen) atoms. The van der Waals surface area contributed by atoms with Gasteiger partial charge in [0.25, 0.3) is 5.91 Å². The van der Waals surface area contributed by atoms with Crippen molar-refractivity contribution in [3.63, 3.8) is 0 Å². The first kappa shape index (κ1) is 19.8. The van der Waals surface area contributed by atoms with Gasteiger partial charge in [0, 0.05) is 12.2 Å². The Hall–Kier alpha value is -1.21. The van der Waals surface area contributed by atoms with Crippen molar-refractivity contribution in [2.24, 2.45) is 11.7 Å². The Morgan fingerprint density at radius 3 is 2.83 bits per heavy atom. The van der Waals surface area contributed by atoms with Crippen LogP contribution in [0.15, 0.2) is 30.6 Å². The molecule has 2 aromatic rings. The van der Waals surface area contributed by atoms with Crippen molar-refractivity contribution in [1.82, 2.24) is 15.3 Å². The van der Waals surface area contributed by atoms with Crippen LogP contribution in [0.1, 0.15) is 28.9 Å². The molecule has 1 fully saturated rings. The molecule has 0 aliphatic heterocycles. The van der Waals surface area contributed by atoms with E-state index in [2.05, 4.69) is 15.3 Å². The maximum Gasteiger partial charge on any atom is 0.263 e. The minimum Gasteiger partial charge on any atom is -0.348 e. The van der Waals surface area contributed by atoms with Gasteiger partial charge in [0.15, 0.2) is 0 Å². The van der Waals surface area contributed by atoms with Crippen LogP contribution >= 0.6 is 36.2 Å². The van der Waals surface area contributed by atoms with Crippen molar-refractivity contribution in [3.8, 4) is 10.7 Å². The van der Waals surface area contributed by atoms with Crippen molar-refractivity contribution in [2.45, 2.75) is 25.3 Å². The standard InChI is InChI=1S/C15H18N4OS.2ClH/c16-8-10-4-3-6-11(10)19-14(20)13-9-18-15(21-13)12-5-1-2-7-17-12;;/h1-2,5,7,9-11H,3-4,6,8,16H2,(H,19,20);2*1H. The third kappa shape index (κ3) is 4.64. The molecular formula is C15H20Cl2N4OS. The molecule has 0 aromatic carbocycles. The third-order valence-electron chi connectivity index (χ3n) is 3.89. The molecule has 2 unspecified atom stereocenters. The molecule has 5 nitrogen and oxygen atoms in total. The van der Waals surface area contributed by atoms with Crippen LogP contribution in [0.2, 0.25) is 0 Å². The van der Waals surface area contributed by atoms with Crippen LogP contribution in [0.3, 0.4) is 0 Å². The highest BCUT2D eigenvalue weighted by atomic mass is 35.5. The number of nitrogens with zero attached hydrogens (tertiary/aromatic N) is 2. The Kier molecular flexibility index (Phi) is 7.91. The number of amides is 1. The van der Waals surface area contributed by atoms with E-state index in [1.807, 2.05) is 18.2 Å². The van der Waals surface area contributed by atoms with Gasteiger partial charge in [-0.25, -0.2) is 4.98 Å². The first-order valence-electron chi connectivity index (χ1n) is 7.16. The van der Waals surface area contributed by atoms with Gasteiger partial charge >= 0.3 is 0 Å². The van der Waals surface area contributed by atoms with Crippen LogP contribution in [0.25, 0.3) is 10.7 Å². The van der Waals surface area contributed by atoms with Crippen LogP contribution in [0.5, 0.6) is 0 Å². The van der Waals surface area contributed by atoms with E-state index in [1.165, 1.54) is 11.3 Å². The van der Waals surface area contributed by atoms with E-state index < -0.39 is 0 Å². The number of rotatable bonds is 4. The van der Waals surface area contributed by atoms with E-state index in [0.717, 1.165) is 30.0 Å². The number of aromatic nitrogens is 2. The summed E-state index contributed by atoms with van der Waals surface area (Å²) in [7, 11) is 0. The van der Waals surface area contributed by atoms with Gasteiger partial charge in [-0.3, -0.25) is 9.78 Å². The van der Waals surface area contributed by atoms with Crippen molar-refractivity contribution in [3.05, 3.63) is 35.5 Å². The fraction of sp³-hybridized carbons (Fsp3) is 0.400. The molecule has 1 amide bonds. The lowest BCUT2D eigenvalue weighted by atomic mass is 10.0. The number of carbonyl (C=O) groups is 1. The summed E-state index contributed by atoms with van der Waals surface area (Å²) in [5, 5.41) is 3.86. The van der Waals surface area contributed by atoms with Crippen molar-refractivity contribution in [2.75, 3.05) is 6.54 Å². The summed E-state index contributed by atoms with van der Waals surface area (Å²) in [6.07, 6.45) is 6.59. The van der Waals surface area contributed by atoms with E-state index >= 15 is 0 Å². The fourth-order valence-electron chi connectivity index (χ4n) is 2.74. The average Bonchev–Trinajstić information content (AvgIpc) is 3.17. The summed E-state index contributed by atoms with van der Waals surface area (Å²) in [5.41, 5.74) is 6.54. The normalized spacial score (nSPS) is 19.5. The summed E-state index contributed by atoms with van der Waals surface area (Å²) < 4.78 is 0. The zero-order valence-electron chi connectivity index (χ0n) is 12.5. The zero-order chi connectivity index (χ0) is 14.7. The van der Waals surface area contributed by atoms with E-state index in [0.29, 0.717) is 17.3 Å². The van der Waals surface area contributed by atoms with Crippen LogP contribution in [-0.4, -0.2) is 28.5 Å². The van der Waals surface area contributed by atoms with Crippen LogP contribution in [0.4, 0.5) is 0 Å². The molecule has 8 heteroatoms. The number of nitrogens with one attached hydrogen (secondary N) is 1. The van der Waals surface area contributed by atoms with Crippen LogP contribution in [-0.2, 0) is 0 Å². The molecule has 3 N–H and O–H groups in total. The van der Waals surface area contributed by atoms with Crippen molar-refractivity contribution in [1.29, 1.82) is 0 Å². The minimum atomic E-state index is -0.0555. The Bertz CT molecular complexity index is 623. The predicted molar refractivity (Wildman–Crippen MR) is 97.5 cm³/mol. The lowest BCUT2D eigenvalue weighted by Crippen LogP contribution is -2.39. The van der Waals surface area contributed by atoms with Gasteiger partial charge in [0.05, 0.1) is 11.9 Å². The van der Waals surface area contributed by atoms with E-state index in [-0.39, 0.29) is 36.8 Å². The lowest BCUT2D eigenvalue weighted by molar-refractivity contribution is 0.0932. The summed E-state index contributed by atoms with van der Waals surface area (Å²) in [6, 6.07) is 5.86. The third-order valence-corrected chi connectivity index (χ3v) is 4.91. The number of nitrogens with two attached hydrogens (primary N) is 1. The summed E-state index contributed by atoms with van der Waals surface area (Å²) in [4.78, 5) is 21.5. The maximum atomic E-state index is 12.3. The van der Waals surface area contributed by atoms with Gasteiger partial charge in [-0.15, -0.1) is 36.2 Å². The quantitative estimate of drug-likeness (QED) is 0.861. The van der Waals surface area contributed by atoms with Crippen molar-refractivity contribution < 1.29 is 4.79 Å². The average molecular weight is 375 g/mol. The summed E-state index contributed by atoms with van der Waals surface area (Å²) in [6.45, 7) is 0.632. The van der Waals surface area contributed by atoms with Gasteiger partial charge in [0.2, 0.25) is 0 Å². The van der Waals surface area contributed by atoms with Gasteiger partial charge in [-0.1, -0.05) is 12.5 Å². The molecule has 2 heterocycles. The number of carbonyl (C=O) groups excluding carboxylic acids is 1. The van der Waals surface area contributed by atoms with Gasteiger partial charge in [-0.05, 0) is 37.4 Å². The molecule has 0 saturated heterocycles. The SMILES string of the molecule is Cl.Cl.NCC1CCCC1NC(=O)c1cnc(-c2ccccn2)s1. The highest BCUT2D eigenvalue weighted by Crippen LogP contribution is 2.26. The van der Waals surface area contributed by atoms with E-state index in [4.69, 9.17) is 5.73 Å². The summed E-state index contributed by atoms with van der Waals surface area (Å²) >= 11 is 1.37. The highest BCUT2D eigenvalue weighted by Gasteiger charge is 2.28. The molecule has 3 rings (SSSR count). The second-order valence-electron chi connectivity index (χ2n) is 5.25. The molecular weight excluding hydrogens is 355 g/mol. The molecule has 1 saturated carbocycles. The van der Waals surface area contributed by atoms with E-state index in [9.17, 15) is 4.79 Å². The van der Waals surface area contributed by atoms with E-state index in [1.54, 1.807) is 12.4 Å². The molecule has 2 aromatic heterocycles. The topological polar surface area (TPSA) is 80.9 Å². The second-order valence-corrected chi connectivity index (χ2v) is 6.28. The number of halogens is 2. The molecule has 2 atom stereocenters. The molecule has 0 radical (unpaired) electrons. The van der Waals surface area contributed by atoms with Gasteiger partial charge in [-0.2, -0.15) is 0 Å². The first-order valence-corrected chi connectivity index (χ1v) is 7.97. The zero-order valence-corrected chi connectivity index (χ0v) is 14.9. The second kappa shape index (κ2) is 9.17. The lowest BCUT2D eigenvalue weighted by Gasteiger charge is -2.18. The number of hydrogen-bond donors (Lipinski definition) is 2. The number of pyridine rings is 1. The Balaban J connectivity index is 0.00000132. The van der Waals surface area contributed by atoms with Gasteiger partial charge < -0.3 is 11.1 Å². The summed E-state index contributed by atoms with van der Waals surface area (Å²) in [5.74, 6) is 0.345. The molecule has 126 valence electrons. The fourth-order valence-corrected chi connectivity index (χ4v) is 3.53.